The first-order valence-corrected chi connectivity index (χ1v) is 17.1. The minimum atomic E-state index is -4.40. The van der Waals surface area contributed by atoms with Crippen molar-refractivity contribution < 1.29 is 13.2 Å². The molecular formula is C31H37F3Ge. The van der Waals surface area contributed by atoms with E-state index in [0.717, 1.165) is 32.5 Å². The predicted octanol–water partition coefficient (Wildman–Crippen LogP) is 7.72. The zero-order chi connectivity index (χ0) is 25.0. The molecule has 0 spiro atoms. The van der Waals surface area contributed by atoms with Crippen LogP contribution in [-0.4, -0.2) is 19.4 Å². The van der Waals surface area contributed by atoms with Crippen LogP contribution in [0.4, 0.5) is 13.2 Å². The second-order valence-electron chi connectivity index (χ2n) is 9.23. The molecular weight excluding hydrogens is 502 g/mol. The number of allylic oxidation sites excluding steroid dienone is 2. The Hall–Kier alpha value is -2.27. The Kier molecular flexibility index (Phi) is 10.7. The van der Waals surface area contributed by atoms with Gasteiger partial charge in [-0.25, -0.2) is 0 Å². The van der Waals surface area contributed by atoms with Crippen LogP contribution in [0, 0.1) is 0 Å². The average Bonchev–Trinajstić information content (AvgIpc) is 2.88. The quantitative estimate of drug-likeness (QED) is 0.154. The van der Waals surface area contributed by atoms with Gasteiger partial charge in [-0.15, -0.1) is 0 Å². The maximum absolute atomic E-state index is 15.0. The van der Waals surface area contributed by atoms with E-state index in [9.17, 15) is 13.2 Å². The molecule has 0 amide bonds. The summed E-state index contributed by atoms with van der Waals surface area (Å²) in [5, 5.41) is 0. The van der Waals surface area contributed by atoms with E-state index < -0.39 is 19.4 Å². The van der Waals surface area contributed by atoms with Gasteiger partial charge in [0.2, 0.25) is 0 Å². The summed E-state index contributed by atoms with van der Waals surface area (Å²) in [5.41, 5.74) is 0. The van der Waals surface area contributed by atoms with Crippen LogP contribution >= 0.6 is 0 Å². The van der Waals surface area contributed by atoms with Crippen LogP contribution in [0.25, 0.3) is 0 Å². The van der Waals surface area contributed by atoms with Gasteiger partial charge < -0.3 is 0 Å². The van der Waals surface area contributed by atoms with Crippen LogP contribution in [-0.2, 0) is 0 Å². The summed E-state index contributed by atoms with van der Waals surface area (Å²) in [5.74, 6) is 0. The van der Waals surface area contributed by atoms with E-state index in [0.29, 0.717) is 6.42 Å². The third-order valence-corrected chi connectivity index (χ3v) is 17.0. The zero-order valence-corrected chi connectivity index (χ0v) is 22.8. The van der Waals surface area contributed by atoms with Crippen molar-refractivity contribution in [2.45, 2.75) is 70.9 Å². The Labute approximate surface area is 211 Å². The van der Waals surface area contributed by atoms with E-state index in [1.807, 2.05) is 91.0 Å². The van der Waals surface area contributed by atoms with E-state index in [1.165, 1.54) is 32.1 Å². The van der Waals surface area contributed by atoms with Crippen LogP contribution < -0.4 is 13.2 Å². The van der Waals surface area contributed by atoms with Gasteiger partial charge in [0.05, 0.1) is 0 Å². The molecule has 186 valence electrons. The Morgan fingerprint density at radius 1 is 0.600 bits per heavy atom. The van der Waals surface area contributed by atoms with Crippen LogP contribution in [0.1, 0.15) is 64.7 Å². The molecule has 0 aromatic heterocycles. The van der Waals surface area contributed by atoms with E-state index >= 15 is 0 Å². The first kappa shape index (κ1) is 27.3. The molecule has 0 aliphatic heterocycles. The van der Waals surface area contributed by atoms with Gasteiger partial charge in [-0.1, -0.05) is 0 Å². The molecule has 0 fully saturated rings. The molecule has 0 bridgehead atoms. The van der Waals surface area contributed by atoms with Gasteiger partial charge >= 0.3 is 212 Å². The molecule has 0 unspecified atom stereocenters. The fourth-order valence-corrected chi connectivity index (χ4v) is 15.3. The van der Waals surface area contributed by atoms with Gasteiger partial charge in [0.1, 0.15) is 0 Å². The van der Waals surface area contributed by atoms with Gasteiger partial charge in [0.15, 0.2) is 0 Å². The summed E-state index contributed by atoms with van der Waals surface area (Å²) in [6.07, 6.45) is 6.64. The number of benzene rings is 3. The summed E-state index contributed by atoms with van der Waals surface area (Å²) in [6, 6.07) is 28.2. The molecule has 35 heavy (non-hydrogen) atoms. The maximum atomic E-state index is 15.0. The van der Waals surface area contributed by atoms with E-state index in [-0.39, 0.29) is 4.41 Å². The fourth-order valence-electron chi connectivity index (χ4n) is 5.04. The molecule has 0 heterocycles. The first-order valence-electron chi connectivity index (χ1n) is 13.0. The van der Waals surface area contributed by atoms with Crippen molar-refractivity contribution in [3.05, 3.63) is 101 Å². The fraction of sp³-hybridized carbons (Fsp3) is 0.355. The Morgan fingerprint density at radius 2 is 0.971 bits per heavy atom. The summed E-state index contributed by atoms with van der Waals surface area (Å²) < 4.78 is 47.1. The third-order valence-electron chi connectivity index (χ3n) is 6.74. The molecule has 0 saturated carbocycles. The normalized spacial score (nSPS) is 12.6. The summed E-state index contributed by atoms with van der Waals surface area (Å²) >= 11 is -4.28. The van der Waals surface area contributed by atoms with Crippen molar-refractivity contribution in [2.24, 2.45) is 0 Å². The van der Waals surface area contributed by atoms with Crippen molar-refractivity contribution >= 4 is 26.5 Å². The van der Waals surface area contributed by atoms with Gasteiger partial charge in [-0.2, -0.15) is 0 Å². The number of hydrogen-bond donors (Lipinski definition) is 0. The van der Waals surface area contributed by atoms with Gasteiger partial charge in [0, 0.05) is 0 Å². The molecule has 0 radical (unpaired) electrons. The summed E-state index contributed by atoms with van der Waals surface area (Å²) in [4.78, 5) is 0. The van der Waals surface area contributed by atoms with Crippen molar-refractivity contribution in [1.29, 1.82) is 0 Å². The zero-order valence-electron chi connectivity index (χ0n) is 20.7. The number of rotatable bonds is 13. The van der Waals surface area contributed by atoms with Crippen LogP contribution in [0.2, 0.25) is 0 Å². The number of unbranched alkanes of at least 4 members (excludes halogenated alkanes) is 8. The summed E-state index contributed by atoms with van der Waals surface area (Å²) in [7, 11) is 0. The standard InChI is InChI=1S/C31H37F3Ge/c1-2-3-4-5-6-7-8-9-19-26-30(31(32,33)34)35(27-20-13-10-14-21-27,28-22-15-11-16-23-28)29-24-17-12-18-25-29/h10-18,20-26H,2-9,19H2,1H3. The van der Waals surface area contributed by atoms with E-state index in [2.05, 4.69) is 6.92 Å². The molecule has 0 saturated heterocycles. The monoisotopic (exact) mass is 540 g/mol. The summed E-state index contributed by atoms with van der Waals surface area (Å²) in [6.45, 7) is 2.20. The van der Waals surface area contributed by atoms with Crippen LogP contribution in [0.5, 0.6) is 0 Å². The third kappa shape index (κ3) is 7.13. The Bertz CT molecular complexity index is 915. The van der Waals surface area contributed by atoms with Gasteiger partial charge in [-0.3, -0.25) is 0 Å². The number of alkyl halides is 3. The Morgan fingerprint density at radius 3 is 1.34 bits per heavy atom. The predicted molar refractivity (Wildman–Crippen MR) is 145 cm³/mol. The molecule has 3 aromatic carbocycles. The Balaban J connectivity index is 2.02. The van der Waals surface area contributed by atoms with Crippen molar-refractivity contribution in [2.75, 3.05) is 0 Å². The molecule has 0 aliphatic carbocycles. The van der Waals surface area contributed by atoms with Crippen LogP contribution in [0.15, 0.2) is 101 Å². The van der Waals surface area contributed by atoms with E-state index in [4.69, 9.17) is 0 Å². The van der Waals surface area contributed by atoms with E-state index in [1.54, 1.807) is 6.08 Å². The number of halogens is 3. The van der Waals surface area contributed by atoms with Gasteiger partial charge in [-0.05, 0) is 0 Å². The number of hydrogen-bond acceptors (Lipinski definition) is 0. The van der Waals surface area contributed by atoms with Crippen molar-refractivity contribution in [3.63, 3.8) is 0 Å². The van der Waals surface area contributed by atoms with Crippen molar-refractivity contribution in [3.8, 4) is 0 Å². The molecule has 0 aliphatic rings. The topological polar surface area (TPSA) is 0 Å². The molecule has 3 aromatic rings. The SMILES string of the molecule is CCCCCCCCCCC=[C](C(F)(F)F)[Ge]([c]1ccccc1)([c]1ccccc1)[c]1ccccc1. The molecule has 4 heteroatoms. The molecule has 0 atom stereocenters. The van der Waals surface area contributed by atoms with Crippen LogP contribution in [0.3, 0.4) is 0 Å². The first-order chi connectivity index (χ1) is 17.0. The second kappa shape index (κ2) is 13.7. The minimum absolute atomic E-state index is 0.316. The van der Waals surface area contributed by atoms with Gasteiger partial charge in [0.25, 0.3) is 0 Å². The molecule has 3 rings (SSSR count). The molecule has 0 nitrogen and oxygen atoms in total. The second-order valence-corrected chi connectivity index (χ2v) is 17.1. The average molecular weight is 539 g/mol. The molecule has 0 N–H and O–H groups in total. The van der Waals surface area contributed by atoms with Crippen molar-refractivity contribution in [1.82, 2.24) is 0 Å².